The van der Waals surface area contributed by atoms with Crippen molar-refractivity contribution in [1.82, 2.24) is 0 Å². The van der Waals surface area contributed by atoms with Crippen molar-refractivity contribution in [2.45, 2.75) is 61.3 Å². The molecule has 2 aromatic rings. The summed E-state index contributed by atoms with van der Waals surface area (Å²) in [6.45, 7) is 16.0. The van der Waals surface area contributed by atoms with Crippen LogP contribution >= 0.6 is 66.2 Å². The number of ketones is 1. The molecule has 2 unspecified atom stereocenters. The fraction of sp³-hybridized carbons (Fsp3) is 0.370. The molecule has 0 heterocycles. The SMILES string of the molecule is C/C=C(/C)C(=O)Cl.Cc1ccc(C)c2c1C(=O)C(C)C2C.Cc1ccc(C)cc1.S=C=S.[Cl][Al]([Cl])[Cl]. The highest BCUT2D eigenvalue weighted by Gasteiger charge is 2.35. The average Bonchev–Trinajstić information content (AvgIpc) is 3.04. The monoisotopic (exact) mass is 620 g/mol. The number of carbonyl (C=O) groups excluding carboxylic acids is 2. The van der Waals surface area contributed by atoms with Crippen LogP contribution in [0.5, 0.6) is 0 Å². The standard InChI is InChI=1S/C13H16O.C8H10.C5H7ClO.CS2.Al.3ClH/c1-7-5-6-8(2)12-11(7)9(3)10(4)13(12)14;1-7-3-5-8(2)6-4-7;1-3-4(2)5(6)7;2-1-3;;;;/h5-6,9-10H,1-4H3;3-6H,1-2H3;3H,1-2H3;;;3*1H/q;;;;+3;;;/p-3/b;;4-3-;;;;;. The Hall–Kier alpha value is -0.568. The van der Waals surface area contributed by atoms with E-state index in [1.165, 1.54) is 22.3 Å². The van der Waals surface area contributed by atoms with Crippen molar-refractivity contribution in [2.75, 3.05) is 0 Å². The van der Waals surface area contributed by atoms with E-state index in [4.69, 9.17) is 41.7 Å². The Balaban J connectivity index is 0. The normalized spacial score (nSPS) is 15.1. The highest BCUT2D eigenvalue weighted by atomic mass is 35.8. The maximum absolute atomic E-state index is 12.0. The zero-order valence-corrected chi connectivity index (χ0v) is 27.7. The number of hydrogen-bond donors (Lipinski definition) is 0. The zero-order valence-electron chi connectivity index (χ0n) is 21.9. The average molecular weight is 622 g/mol. The van der Waals surface area contributed by atoms with E-state index in [0.29, 0.717) is 17.3 Å². The first-order chi connectivity index (χ1) is 16.7. The van der Waals surface area contributed by atoms with E-state index < -0.39 is 11.4 Å². The molecule has 0 saturated carbocycles. The van der Waals surface area contributed by atoms with E-state index in [-0.39, 0.29) is 11.2 Å². The van der Waals surface area contributed by atoms with Gasteiger partial charge in [0, 0.05) is 21.4 Å². The van der Waals surface area contributed by atoms with Crippen LogP contribution in [0.4, 0.5) is 0 Å². The number of aryl methyl sites for hydroxylation is 4. The van der Waals surface area contributed by atoms with E-state index in [0.717, 1.165) is 11.1 Å². The van der Waals surface area contributed by atoms with Crippen LogP contribution < -0.4 is 0 Å². The van der Waals surface area contributed by atoms with Gasteiger partial charge in [0.15, 0.2) is 5.78 Å². The molecule has 2 aromatic carbocycles. The van der Waals surface area contributed by atoms with E-state index in [1.807, 2.05) is 18.2 Å². The summed E-state index contributed by atoms with van der Waals surface area (Å²) in [5.41, 5.74) is 7.92. The molecule has 0 N–H and O–H groups in total. The van der Waals surface area contributed by atoms with Crippen LogP contribution in [0.15, 0.2) is 48.0 Å². The lowest BCUT2D eigenvalue weighted by Gasteiger charge is -2.11. The number of allylic oxidation sites excluding steroid dienone is 2. The maximum Gasteiger partial charge on any atom is 0.643 e. The molecule has 2 nitrogen and oxygen atoms in total. The van der Waals surface area contributed by atoms with Crippen LogP contribution in [-0.4, -0.2) is 26.7 Å². The van der Waals surface area contributed by atoms with Gasteiger partial charge in [0.25, 0.3) is 0 Å². The van der Waals surface area contributed by atoms with Crippen LogP contribution in [-0.2, 0) is 4.79 Å². The summed E-state index contributed by atoms with van der Waals surface area (Å²) in [4.78, 5) is 22.1. The van der Waals surface area contributed by atoms with E-state index >= 15 is 0 Å². The van der Waals surface area contributed by atoms with Crippen LogP contribution in [0.3, 0.4) is 0 Å². The van der Waals surface area contributed by atoms with E-state index in [2.05, 4.69) is 88.5 Å². The molecule has 0 saturated heterocycles. The molecule has 0 fully saturated rings. The lowest BCUT2D eigenvalue weighted by atomic mass is 9.93. The molecular weight excluding hydrogens is 589 g/mol. The summed E-state index contributed by atoms with van der Waals surface area (Å²) in [5, 5.41) is -0.373. The number of fused-ring (bicyclic) bond motifs is 1. The number of Topliss-reactive ketones (excluding diaryl/α,β-unsaturated/α-hetero) is 1. The minimum absolute atomic E-state index is 0.157. The van der Waals surface area contributed by atoms with Crippen molar-refractivity contribution in [3.8, 4) is 0 Å². The van der Waals surface area contributed by atoms with Crippen LogP contribution in [0.25, 0.3) is 0 Å². The summed E-state index contributed by atoms with van der Waals surface area (Å²) >= 11 is 11.2. The number of benzene rings is 2. The maximum atomic E-state index is 12.0. The summed E-state index contributed by atoms with van der Waals surface area (Å²) in [5.74, 6) is 0.871. The number of halogens is 4. The smallest absolute Gasteiger partial charge is 0.294 e. The van der Waals surface area contributed by atoms with Crippen LogP contribution in [0, 0.1) is 33.6 Å². The lowest BCUT2D eigenvalue weighted by molar-refractivity contribution is -0.108. The fourth-order valence-electron chi connectivity index (χ4n) is 3.20. The van der Waals surface area contributed by atoms with Gasteiger partial charge in [0.2, 0.25) is 5.24 Å². The third-order valence-electron chi connectivity index (χ3n) is 5.50. The molecule has 0 aromatic heterocycles. The number of rotatable bonds is 1. The van der Waals surface area contributed by atoms with Crippen molar-refractivity contribution in [2.24, 2.45) is 5.92 Å². The molecule has 0 spiro atoms. The highest BCUT2D eigenvalue weighted by Crippen LogP contribution is 2.40. The Morgan fingerprint density at radius 2 is 1.25 bits per heavy atom. The molecule has 1 aliphatic rings. The van der Waals surface area contributed by atoms with Gasteiger partial charge in [-0.25, -0.2) is 30.1 Å². The number of hydrogen-bond acceptors (Lipinski definition) is 4. The molecule has 196 valence electrons. The molecular formula is C27H33AlCl4O2S2. The molecule has 2 atom stereocenters. The Morgan fingerprint density at radius 1 is 0.889 bits per heavy atom. The zero-order chi connectivity index (χ0) is 28.6. The Bertz CT molecular complexity index is 1020. The molecule has 36 heavy (non-hydrogen) atoms. The van der Waals surface area contributed by atoms with Gasteiger partial charge in [-0.05, 0) is 100 Å². The minimum atomic E-state index is -1.72. The lowest BCUT2D eigenvalue weighted by Crippen LogP contribution is -2.06. The van der Waals surface area contributed by atoms with Gasteiger partial charge < -0.3 is 0 Å². The van der Waals surface area contributed by atoms with Gasteiger partial charge in [-0.2, -0.15) is 0 Å². The Labute approximate surface area is 249 Å². The van der Waals surface area contributed by atoms with Gasteiger partial charge in [-0.1, -0.05) is 67.4 Å². The van der Waals surface area contributed by atoms with Crippen molar-refractivity contribution in [3.05, 3.63) is 81.4 Å². The first-order valence-electron chi connectivity index (χ1n) is 11.1. The van der Waals surface area contributed by atoms with E-state index in [1.54, 1.807) is 19.9 Å². The highest BCUT2D eigenvalue weighted by molar-refractivity contribution is 7.93. The van der Waals surface area contributed by atoms with Crippen molar-refractivity contribution in [1.29, 1.82) is 0 Å². The fourth-order valence-corrected chi connectivity index (χ4v) is 3.31. The topological polar surface area (TPSA) is 34.1 Å². The summed E-state index contributed by atoms with van der Waals surface area (Å²) in [7, 11) is 14.8. The Kier molecular flexibility index (Phi) is 21.3. The van der Waals surface area contributed by atoms with Gasteiger partial charge in [0.05, 0.1) is 0 Å². The predicted molar refractivity (Wildman–Crippen MR) is 168 cm³/mol. The number of thiocarbonyl (C=S) groups is 2. The second kappa shape index (κ2) is 20.4. The largest absolute Gasteiger partial charge is 0.643 e. The van der Waals surface area contributed by atoms with Crippen molar-refractivity contribution in [3.63, 3.8) is 0 Å². The van der Waals surface area contributed by atoms with Gasteiger partial charge >= 0.3 is 11.4 Å². The second-order valence-electron chi connectivity index (χ2n) is 8.16. The molecule has 0 aliphatic heterocycles. The molecule has 9 heteroatoms. The third-order valence-corrected chi connectivity index (χ3v) is 5.80. The van der Waals surface area contributed by atoms with E-state index in [9.17, 15) is 9.59 Å². The van der Waals surface area contributed by atoms with Crippen molar-refractivity contribution >= 4 is 92.9 Å². The van der Waals surface area contributed by atoms with Crippen LogP contribution in [0.1, 0.15) is 71.8 Å². The minimum Gasteiger partial charge on any atom is -0.294 e. The van der Waals surface area contributed by atoms with Gasteiger partial charge in [-0.3, -0.25) is 9.59 Å². The van der Waals surface area contributed by atoms with Crippen molar-refractivity contribution < 1.29 is 9.59 Å². The molecule has 0 bridgehead atoms. The first-order valence-corrected chi connectivity index (χ1v) is 17.5. The molecule has 3 rings (SSSR count). The van der Waals surface area contributed by atoms with Crippen LogP contribution in [0.2, 0.25) is 0 Å². The second-order valence-corrected chi connectivity index (χ2v) is 15.6. The summed E-state index contributed by atoms with van der Waals surface area (Å²) in [6.07, 6.45) is 1.68. The molecule has 1 aliphatic carbocycles. The number of carbonyl (C=O) groups is 2. The Morgan fingerprint density at radius 3 is 1.53 bits per heavy atom. The summed E-state index contributed by atoms with van der Waals surface area (Å²) in [6, 6.07) is 12.7. The van der Waals surface area contributed by atoms with Gasteiger partial charge in [-0.15, -0.1) is 0 Å². The van der Waals surface area contributed by atoms with Gasteiger partial charge in [0.1, 0.15) is 0 Å². The quantitative estimate of drug-likeness (QED) is 0.137. The molecule has 0 radical (unpaired) electrons. The third kappa shape index (κ3) is 15.0. The first kappa shape index (κ1) is 37.6. The predicted octanol–water partition coefficient (Wildman–Crippen LogP) is 9.97. The summed E-state index contributed by atoms with van der Waals surface area (Å²) < 4.78 is 1.92. The molecule has 0 amide bonds.